The van der Waals surface area contributed by atoms with Crippen LogP contribution in [0.25, 0.3) is 0 Å². The first kappa shape index (κ1) is 23.9. The van der Waals surface area contributed by atoms with Crippen LogP contribution in [0.5, 0.6) is 0 Å². The normalized spacial score (nSPS) is 14.0. The van der Waals surface area contributed by atoms with Gasteiger partial charge in [0.05, 0.1) is 12.2 Å². The molecule has 0 bridgehead atoms. The van der Waals surface area contributed by atoms with Gasteiger partial charge in [0.2, 0.25) is 5.91 Å². The highest BCUT2D eigenvalue weighted by Crippen LogP contribution is 2.37. The molecule has 0 saturated heterocycles. The van der Waals surface area contributed by atoms with Crippen molar-refractivity contribution in [3.05, 3.63) is 16.0 Å². The summed E-state index contributed by atoms with van der Waals surface area (Å²) < 4.78 is 5.32. The molecule has 0 atom stereocenters. The van der Waals surface area contributed by atoms with Crippen LogP contribution in [-0.4, -0.2) is 18.5 Å². The fourth-order valence-corrected chi connectivity index (χ4v) is 5.33. The summed E-state index contributed by atoms with van der Waals surface area (Å²) in [4.78, 5) is 26.4. The van der Waals surface area contributed by atoms with Gasteiger partial charge in [0, 0.05) is 11.3 Å². The molecule has 1 N–H and O–H groups in total. The summed E-state index contributed by atoms with van der Waals surface area (Å²) in [5.41, 5.74) is 1.74. The largest absolute Gasteiger partial charge is 0.462 e. The third-order valence-electron chi connectivity index (χ3n) is 5.66. The Balaban J connectivity index is 1.90. The van der Waals surface area contributed by atoms with Gasteiger partial charge in [-0.2, -0.15) is 0 Å². The van der Waals surface area contributed by atoms with Gasteiger partial charge in [-0.05, 0) is 44.6 Å². The van der Waals surface area contributed by atoms with Crippen LogP contribution in [-0.2, 0) is 22.4 Å². The molecule has 0 unspecified atom stereocenters. The Morgan fingerprint density at radius 2 is 1.55 bits per heavy atom. The van der Waals surface area contributed by atoms with Gasteiger partial charge in [0.1, 0.15) is 5.00 Å². The molecular weight excluding hydrogens is 382 g/mol. The third kappa shape index (κ3) is 8.12. The molecule has 2 rings (SSSR count). The number of hydrogen-bond acceptors (Lipinski definition) is 4. The second kappa shape index (κ2) is 13.8. The summed E-state index contributed by atoms with van der Waals surface area (Å²) in [6.07, 6.45) is 16.9. The summed E-state index contributed by atoms with van der Waals surface area (Å²) in [6, 6.07) is 0. The van der Waals surface area contributed by atoms with E-state index in [-0.39, 0.29) is 11.9 Å². The first-order valence-corrected chi connectivity index (χ1v) is 12.6. The van der Waals surface area contributed by atoms with Crippen LogP contribution in [0.15, 0.2) is 0 Å². The number of unbranched alkanes of at least 4 members (excludes halogenated alkanes) is 7. The molecule has 1 heterocycles. The maximum atomic E-state index is 12.6. The molecule has 164 valence electrons. The fourth-order valence-electron chi connectivity index (χ4n) is 4.04. The van der Waals surface area contributed by atoms with Crippen LogP contribution >= 0.6 is 11.3 Å². The average Bonchev–Trinajstić information content (AvgIpc) is 3.00. The van der Waals surface area contributed by atoms with Gasteiger partial charge in [0.25, 0.3) is 0 Å². The Morgan fingerprint density at radius 3 is 2.24 bits per heavy atom. The second-order valence-electron chi connectivity index (χ2n) is 8.12. The Labute approximate surface area is 180 Å². The van der Waals surface area contributed by atoms with Gasteiger partial charge in [-0.25, -0.2) is 4.79 Å². The van der Waals surface area contributed by atoms with Crippen molar-refractivity contribution < 1.29 is 14.3 Å². The molecule has 0 spiro atoms. The highest BCUT2D eigenvalue weighted by Gasteiger charge is 2.26. The van der Waals surface area contributed by atoms with E-state index in [0.29, 0.717) is 23.6 Å². The van der Waals surface area contributed by atoms with E-state index in [1.807, 2.05) is 6.92 Å². The van der Waals surface area contributed by atoms with Crippen molar-refractivity contribution in [2.45, 2.75) is 110 Å². The number of fused-ring (bicyclic) bond motifs is 1. The molecule has 29 heavy (non-hydrogen) atoms. The maximum absolute atomic E-state index is 12.6. The minimum absolute atomic E-state index is 0.0238. The maximum Gasteiger partial charge on any atom is 0.341 e. The molecule has 1 aromatic rings. The molecule has 4 nitrogen and oxygen atoms in total. The lowest BCUT2D eigenvalue weighted by Crippen LogP contribution is -2.15. The smallest absolute Gasteiger partial charge is 0.341 e. The van der Waals surface area contributed by atoms with Crippen molar-refractivity contribution in [3.8, 4) is 0 Å². The van der Waals surface area contributed by atoms with Gasteiger partial charge >= 0.3 is 5.97 Å². The Hall–Kier alpha value is -1.36. The van der Waals surface area contributed by atoms with Crippen molar-refractivity contribution >= 4 is 28.2 Å². The number of esters is 1. The van der Waals surface area contributed by atoms with Crippen LogP contribution in [0.4, 0.5) is 5.00 Å². The van der Waals surface area contributed by atoms with E-state index in [4.69, 9.17) is 4.74 Å². The SMILES string of the molecule is CCCCCCCCCCC(=O)Nc1sc2c(c1C(=O)OCC)CCCCCC2. The Kier molecular flexibility index (Phi) is 11.4. The lowest BCUT2D eigenvalue weighted by molar-refractivity contribution is -0.116. The number of rotatable bonds is 12. The number of carbonyl (C=O) groups is 2. The standard InChI is InChI=1S/C24H39NO3S/c1-3-5-6-7-8-9-10-15-18-21(26)25-23-22(24(27)28-4-2)19-16-13-11-12-14-17-20(19)29-23/h3-18H2,1-2H3,(H,25,26). The van der Waals surface area contributed by atoms with Crippen molar-refractivity contribution in [1.82, 2.24) is 0 Å². The number of thiophene rings is 1. The summed E-state index contributed by atoms with van der Waals surface area (Å²) in [6.45, 7) is 4.42. The fraction of sp³-hybridized carbons (Fsp3) is 0.750. The second-order valence-corrected chi connectivity index (χ2v) is 9.22. The molecule has 1 aliphatic carbocycles. The lowest BCUT2D eigenvalue weighted by Gasteiger charge is -2.11. The highest BCUT2D eigenvalue weighted by atomic mass is 32.1. The van der Waals surface area contributed by atoms with Gasteiger partial charge in [-0.1, -0.05) is 64.7 Å². The molecule has 0 aromatic carbocycles. The predicted octanol–water partition coefficient (Wildman–Crippen LogP) is 7.05. The first-order valence-electron chi connectivity index (χ1n) is 11.8. The van der Waals surface area contributed by atoms with Gasteiger partial charge < -0.3 is 10.1 Å². The number of nitrogens with one attached hydrogen (secondary N) is 1. The zero-order valence-corrected chi connectivity index (χ0v) is 19.3. The lowest BCUT2D eigenvalue weighted by atomic mass is 9.96. The third-order valence-corrected chi connectivity index (χ3v) is 6.87. The summed E-state index contributed by atoms with van der Waals surface area (Å²) in [5, 5.41) is 3.75. The molecule has 0 radical (unpaired) electrons. The molecule has 5 heteroatoms. The number of ether oxygens (including phenoxy) is 1. The van der Waals surface area contributed by atoms with Crippen molar-refractivity contribution in [2.75, 3.05) is 11.9 Å². The van der Waals surface area contributed by atoms with Crippen molar-refractivity contribution in [3.63, 3.8) is 0 Å². The van der Waals surface area contributed by atoms with E-state index in [2.05, 4.69) is 12.2 Å². The minimum Gasteiger partial charge on any atom is -0.462 e. The highest BCUT2D eigenvalue weighted by molar-refractivity contribution is 7.17. The van der Waals surface area contributed by atoms with E-state index in [1.165, 1.54) is 56.2 Å². The summed E-state index contributed by atoms with van der Waals surface area (Å²) >= 11 is 1.59. The molecule has 0 aliphatic heterocycles. The van der Waals surface area contributed by atoms with E-state index in [9.17, 15) is 9.59 Å². The van der Waals surface area contributed by atoms with Crippen molar-refractivity contribution in [2.24, 2.45) is 0 Å². The van der Waals surface area contributed by atoms with Gasteiger partial charge in [-0.3, -0.25) is 4.79 Å². The summed E-state index contributed by atoms with van der Waals surface area (Å²) in [7, 11) is 0. The summed E-state index contributed by atoms with van der Waals surface area (Å²) in [5.74, 6) is -0.260. The Bertz CT molecular complexity index is 638. The molecular formula is C24H39NO3S. The molecule has 0 fully saturated rings. The van der Waals surface area contributed by atoms with Gasteiger partial charge in [-0.15, -0.1) is 11.3 Å². The molecule has 1 amide bonds. The molecule has 1 aliphatic rings. The predicted molar refractivity (Wildman–Crippen MR) is 122 cm³/mol. The van der Waals surface area contributed by atoms with E-state index >= 15 is 0 Å². The Morgan fingerprint density at radius 1 is 0.897 bits per heavy atom. The van der Waals surface area contributed by atoms with E-state index in [0.717, 1.165) is 44.1 Å². The number of anilines is 1. The number of amides is 1. The van der Waals surface area contributed by atoms with E-state index in [1.54, 1.807) is 11.3 Å². The number of carbonyl (C=O) groups excluding carboxylic acids is 2. The van der Waals surface area contributed by atoms with Crippen LogP contribution in [0.1, 0.15) is 118 Å². The molecule has 0 saturated carbocycles. The minimum atomic E-state index is -0.284. The van der Waals surface area contributed by atoms with Crippen LogP contribution in [0, 0.1) is 0 Å². The van der Waals surface area contributed by atoms with Crippen LogP contribution < -0.4 is 5.32 Å². The average molecular weight is 422 g/mol. The zero-order chi connectivity index (χ0) is 20.9. The van der Waals surface area contributed by atoms with Gasteiger partial charge in [0.15, 0.2) is 0 Å². The van der Waals surface area contributed by atoms with Crippen molar-refractivity contribution in [1.29, 1.82) is 0 Å². The van der Waals surface area contributed by atoms with Crippen LogP contribution in [0.3, 0.4) is 0 Å². The zero-order valence-electron chi connectivity index (χ0n) is 18.4. The van der Waals surface area contributed by atoms with E-state index < -0.39 is 0 Å². The van der Waals surface area contributed by atoms with Crippen LogP contribution in [0.2, 0.25) is 0 Å². The molecule has 1 aromatic heterocycles. The topological polar surface area (TPSA) is 55.4 Å². The first-order chi connectivity index (χ1) is 14.2. The number of hydrogen-bond donors (Lipinski definition) is 1. The quantitative estimate of drug-likeness (QED) is 0.290. The monoisotopic (exact) mass is 421 g/mol. The number of aryl methyl sites for hydroxylation is 1.